The van der Waals surface area contributed by atoms with Gasteiger partial charge in [-0.05, 0) is 45.4 Å². The van der Waals surface area contributed by atoms with Crippen molar-refractivity contribution in [1.29, 1.82) is 0 Å². The normalized spacial score (nSPS) is 24.6. The molecule has 1 N–H and O–H groups in total. The average molecular weight is 351 g/mol. The van der Waals surface area contributed by atoms with Crippen LogP contribution in [0.25, 0.3) is 0 Å². The number of alkyl halides is 1. The molecule has 0 radical (unpaired) electrons. The first kappa shape index (κ1) is 15.0. The number of nitrogens with one attached hydrogen (secondary N) is 1. The molecule has 0 amide bonds. The van der Waals surface area contributed by atoms with Crippen molar-refractivity contribution < 1.29 is 12.9 Å². The fraction of sp³-hybridized carbons (Fsp3) is 0.750. The molecule has 1 fully saturated rings. The van der Waals surface area contributed by atoms with Crippen LogP contribution < -0.4 is 4.72 Å². The van der Waals surface area contributed by atoms with E-state index in [1.807, 2.05) is 0 Å². The first-order valence-electron chi connectivity index (χ1n) is 6.46. The van der Waals surface area contributed by atoms with Crippen molar-refractivity contribution in [2.75, 3.05) is 6.54 Å². The minimum atomic E-state index is -3.51. The van der Waals surface area contributed by atoms with Gasteiger partial charge < -0.3 is 4.52 Å². The standard InChI is InChI=1S/C12H19BrN2O3S/c1-8-12(9(2)18-15-8)19(16,17)14-7-10-3-5-11(13)6-4-10/h10-11,14H,3-7H2,1-2H3. The molecule has 108 valence electrons. The molecule has 1 aliphatic rings. The van der Waals surface area contributed by atoms with Crippen LogP contribution in [0.3, 0.4) is 0 Å². The molecule has 19 heavy (non-hydrogen) atoms. The van der Waals surface area contributed by atoms with Gasteiger partial charge in [0.1, 0.15) is 10.6 Å². The van der Waals surface area contributed by atoms with Crippen LogP contribution >= 0.6 is 15.9 Å². The van der Waals surface area contributed by atoms with E-state index in [0.717, 1.165) is 25.7 Å². The lowest BCUT2D eigenvalue weighted by Gasteiger charge is -2.25. The summed E-state index contributed by atoms with van der Waals surface area (Å²) >= 11 is 3.60. The first-order chi connectivity index (χ1) is 8.90. The van der Waals surface area contributed by atoms with Crippen LogP contribution in [0.2, 0.25) is 0 Å². The lowest BCUT2D eigenvalue weighted by atomic mass is 9.89. The highest BCUT2D eigenvalue weighted by Crippen LogP contribution is 2.28. The first-order valence-corrected chi connectivity index (χ1v) is 8.86. The van der Waals surface area contributed by atoms with E-state index in [2.05, 4.69) is 25.8 Å². The molecule has 1 heterocycles. The zero-order valence-corrected chi connectivity index (χ0v) is 13.6. The van der Waals surface area contributed by atoms with Gasteiger partial charge in [-0.25, -0.2) is 13.1 Å². The van der Waals surface area contributed by atoms with E-state index in [4.69, 9.17) is 4.52 Å². The third-order valence-electron chi connectivity index (χ3n) is 3.57. The minimum absolute atomic E-state index is 0.182. The minimum Gasteiger partial charge on any atom is -0.360 e. The number of halogens is 1. The Labute approximate surface area is 122 Å². The summed E-state index contributed by atoms with van der Waals surface area (Å²) in [7, 11) is -3.51. The number of aryl methyl sites for hydroxylation is 2. The van der Waals surface area contributed by atoms with E-state index in [-0.39, 0.29) is 4.90 Å². The predicted molar refractivity (Wildman–Crippen MR) is 75.8 cm³/mol. The summed E-state index contributed by atoms with van der Waals surface area (Å²) in [6.07, 6.45) is 4.33. The summed E-state index contributed by atoms with van der Waals surface area (Å²) in [5, 5.41) is 3.69. The third kappa shape index (κ3) is 3.58. The summed E-state index contributed by atoms with van der Waals surface area (Å²) < 4.78 is 32.0. The van der Waals surface area contributed by atoms with Crippen molar-refractivity contribution in [3.05, 3.63) is 11.5 Å². The Bertz CT molecular complexity index is 514. The molecular weight excluding hydrogens is 332 g/mol. The zero-order chi connectivity index (χ0) is 14.0. The van der Waals surface area contributed by atoms with Gasteiger partial charge in [-0.15, -0.1) is 0 Å². The van der Waals surface area contributed by atoms with Crippen LogP contribution in [0.4, 0.5) is 0 Å². The number of aromatic nitrogens is 1. The van der Waals surface area contributed by atoms with Crippen molar-refractivity contribution in [2.24, 2.45) is 5.92 Å². The Kier molecular flexibility index (Phi) is 4.68. The van der Waals surface area contributed by atoms with E-state index in [9.17, 15) is 8.42 Å². The van der Waals surface area contributed by atoms with Crippen LogP contribution in [-0.4, -0.2) is 24.9 Å². The molecule has 5 nitrogen and oxygen atoms in total. The summed E-state index contributed by atoms with van der Waals surface area (Å²) in [5.74, 6) is 0.762. The Hall–Kier alpha value is -0.400. The van der Waals surface area contributed by atoms with Crippen LogP contribution in [0, 0.1) is 19.8 Å². The second-order valence-corrected chi connectivity index (χ2v) is 8.12. The van der Waals surface area contributed by atoms with Crippen molar-refractivity contribution >= 4 is 26.0 Å². The molecule has 1 saturated carbocycles. The molecule has 0 saturated heterocycles. The molecule has 0 atom stereocenters. The predicted octanol–water partition coefficient (Wildman–Crippen LogP) is 2.52. The van der Waals surface area contributed by atoms with E-state index in [1.54, 1.807) is 13.8 Å². The summed E-state index contributed by atoms with van der Waals surface area (Å²) in [4.78, 5) is 0.768. The Morgan fingerprint density at radius 3 is 2.47 bits per heavy atom. The topological polar surface area (TPSA) is 72.2 Å². The zero-order valence-electron chi connectivity index (χ0n) is 11.1. The molecule has 0 aromatic carbocycles. The van der Waals surface area contributed by atoms with Crippen molar-refractivity contribution in [2.45, 2.75) is 49.3 Å². The molecule has 1 aromatic heterocycles. The summed E-state index contributed by atoms with van der Waals surface area (Å²) in [5.41, 5.74) is 0.411. The molecule has 0 spiro atoms. The van der Waals surface area contributed by atoms with Crippen LogP contribution in [-0.2, 0) is 10.0 Å². The van der Waals surface area contributed by atoms with Gasteiger partial charge in [-0.3, -0.25) is 0 Å². The van der Waals surface area contributed by atoms with Crippen molar-refractivity contribution in [3.63, 3.8) is 0 Å². The van der Waals surface area contributed by atoms with Gasteiger partial charge in [-0.2, -0.15) is 0 Å². The van der Waals surface area contributed by atoms with Gasteiger partial charge >= 0.3 is 0 Å². The maximum absolute atomic E-state index is 12.2. The second-order valence-electron chi connectivity index (χ2n) is 5.12. The molecular formula is C12H19BrN2O3S. The average Bonchev–Trinajstić information content (AvgIpc) is 2.69. The molecule has 2 rings (SSSR count). The highest BCUT2D eigenvalue weighted by atomic mass is 79.9. The van der Waals surface area contributed by atoms with Gasteiger partial charge in [0, 0.05) is 11.4 Å². The number of hydrogen-bond donors (Lipinski definition) is 1. The number of rotatable bonds is 4. The second kappa shape index (κ2) is 5.93. The molecule has 1 aliphatic carbocycles. The van der Waals surface area contributed by atoms with E-state index in [1.165, 1.54) is 0 Å². The lowest BCUT2D eigenvalue weighted by molar-refractivity contribution is 0.366. The Morgan fingerprint density at radius 1 is 1.32 bits per heavy atom. The van der Waals surface area contributed by atoms with E-state index < -0.39 is 10.0 Å². The fourth-order valence-corrected chi connectivity index (χ4v) is 4.45. The van der Waals surface area contributed by atoms with Crippen LogP contribution in [0.5, 0.6) is 0 Å². The fourth-order valence-electron chi connectivity index (χ4n) is 2.48. The highest BCUT2D eigenvalue weighted by Gasteiger charge is 2.26. The molecule has 7 heteroatoms. The largest absolute Gasteiger partial charge is 0.360 e. The number of hydrogen-bond acceptors (Lipinski definition) is 4. The third-order valence-corrected chi connectivity index (χ3v) is 6.16. The van der Waals surface area contributed by atoms with Crippen LogP contribution in [0.1, 0.15) is 37.1 Å². The lowest BCUT2D eigenvalue weighted by Crippen LogP contribution is -2.32. The molecule has 0 unspecified atom stereocenters. The van der Waals surface area contributed by atoms with E-state index in [0.29, 0.717) is 28.7 Å². The van der Waals surface area contributed by atoms with Crippen LogP contribution in [0.15, 0.2) is 9.42 Å². The number of sulfonamides is 1. The Balaban J connectivity index is 1.99. The quantitative estimate of drug-likeness (QED) is 0.846. The Morgan fingerprint density at radius 2 is 1.95 bits per heavy atom. The maximum atomic E-state index is 12.2. The van der Waals surface area contributed by atoms with Crippen molar-refractivity contribution in [1.82, 2.24) is 9.88 Å². The van der Waals surface area contributed by atoms with Gasteiger partial charge in [0.2, 0.25) is 10.0 Å². The SMILES string of the molecule is Cc1noc(C)c1S(=O)(=O)NCC1CCC(Br)CC1. The van der Waals surface area contributed by atoms with Gasteiger partial charge in [0.25, 0.3) is 0 Å². The molecule has 1 aromatic rings. The number of nitrogens with zero attached hydrogens (tertiary/aromatic N) is 1. The molecule has 0 bridgehead atoms. The van der Waals surface area contributed by atoms with E-state index >= 15 is 0 Å². The van der Waals surface area contributed by atoms with Gasteiger partial charge in [0.05, 0.1) is 0 Å². The van der Waals surface area contributed by atoms with Gasteiger partial charge in [-0.1, -0.05) is 21.1 Å². The summed E-state index contributed by atoms with van der Waals surface area (Å²) in [6.45, 7) is 3.75. The van der Waals surface area contributed by atoms with Gasteiger partial charge in [0.15, 0.2) is 5.76 Å². The highest BCUT2D eigenvalue weighted by molar-refractivity contribution is 9.09. The summed E-state index contributed by atoms with van der Waals surface area (Å²) in [6, 6.07) is 0. The van der Waals surface area contributed by atoms with Crippen molar-refractivity contribution in [3.8, 4) is 0 Å². The monoisotopic (exact) mass is 350 g/mol. The molecule has 0 aliphatic heterocycles. The smallest absolute Gasteiger partial charge is 0.245 e. The maximum Gasteiger partial charge on any atom is 0.245 e.